The Morgan fingerprint density at radius 3 is 2.68 bits per heavy atom. The van der Waals surface area contributed by atoms with Gasteiger partial charge in [-0.25, -0.2) is 0 Å². The Hall–Kier alpha value is -3.86. The zero-order valence-electron chi connectivity index (χ0n) is 23.4. The molecule has 0 radical (unpaired) electrons. The molecule has 1 fully saturated rings. The zero-order valence-corrected chi connectivity index (χ0v) is 24.2. The highest BCUT2D eigenvalue weighted by atomic mass is 32.2. The third-order valence-corrected chi connectivity index (χ3v) is 8.14. The summed E-state index contributed by atoms with van der Waals surface area (Å²) >= 11 is 1.64. The fourth-order valence-electron chi connectivity index (χ4n) is 4.89. The molecule has 6 rings (SSSR count). The van der Waals surface area contributed by atoms with Crippen LogP contribution in [0.15, 0.2) is 79.9 Å². The summed E-state index contributed by atoms with van der Waals surface area (Å²) < 4.78 is 18.2. The van der Waals surface area contributed by atoms with Crippen LogP contribution in [0.4, 0.5) is 11.6 Å². The molecule has 1 N–H and O–H groups in total. The van der Waals surface area contributed by atoms with Crippen LogP contribution < -0.4 is 20.4 Å². The van der Waals surface area contributed by atoms with Gasteiger partial charge in [0.2, 0.25) is 0 Å². The van der Waals surface area contributed by atoms with Crippen molar-refractivity contribution in [2.75, 3.05) is 57.2 Å². The van der Waals surface area contributed by atoms with E-state index in [4.69, 9.17) is 13.9 Å². The molecule has 1 unspecified atom stereocenters. The van der Waals surface area contributed by atoms with Gasteiger partial charge in [-0.15, -0.1) is 0 Å². The Morgan fingerprint density at radius 2 is 1.90 bits per heavy atom. The van der Waals surface area contributed by atoms with E-state index in [0.717, 1.165) is 51.1 Å². The Balaban J connectivity index is 1.26. The third kappa shape index (κ3) is 6.24. The van der Waals surface area contributed by atoms with Gasteiger partial charge in [0.05, 0.1) is 52.2 Å². The lowest BCUT2D eigenvalue weighted by atomic mass is 10.1. The molecule has 9 nitrogen and oxygen atoms in total. The number of ether oxygens (including phenoxy) is 2. The molecule has 2 aromatic carbocycles. The lowest BCUT2D eigenvalue weighted by Crippen LogP contribution is -2.36. The van der Waals surface area contributed by atoms with Crippen LogP contribution in [-0.4, -0.2) is 61.8 Å². The summed E-state index contributed by atoms with van der Waals surface area (Å²) in [5.74, 6) is 2.48. The summed E-state index contributed by atoms with van der Waals surface area (Å²) in [6.07, 6.45) is 4.54. The minimum absolute atomic E-state index is 0.0126. The smallest absolute Gasteiger partial charge is 0.200 e. The Morgan fingerprint density at radius 1 is 1.05 bits per heavy atom. The first-order valence-corrected chi connectivity index (χ1v) is 14.6. The third-order valence-electron chi connectivity index (χ3n) is 7.06. The van der Waals surface area contributed by atoms with E-state index in [1.165, 1.54) is 12.1 Å². The van der Waals surface area contributed by atoms with Crippen LogP contribution in [0, 0.1) is 6.92 Å². The van der Waals surface area contributed by atoms with Crippen molar-refractivity contribution in [2.24, 2.45) is 0 Å². The summed E-state index contributed by atoms with van der Waals surface area (Å²) in [5, 5.41) is 3.66. The number of aromatic nitrogens is 2. The van der Waals surface area contributed by atoms with Crippen LogP contribution in [0.25, 0.3) is 11.3 Å². The first-order chi connectivity index (χ1) is 19.9. The molecule has 4 heterocycles. The SMILES string of the molecule is Cc1cnc(C(CCN(C)C)Nc2ccc3c(c2)Sc2cccc(-c4cc(=O)cc(N5CCOCC5)o4)c2O3)cn1. The second kappa shape index (κ2) is 11.9. The van der Waals surface area contributed by atoms with Crippen LogP contribution in [-0.2, 0) is 4.74 Å². The maximum atomic E-state index is 12.6. The second-order valence-electron chi connectivity index (χ2n) is 10.5. The standard InChI is InChI=1S/C31H33N5O4S/c1-20-18-33-25(19-32-20)24(9-10-35(2)3)34-21-7-8-26-29(15-21)41-28-6-4-5-23(31(28)40-26)27-16-22(37)17-30(39-27)36-11-13-38-14-12-36/h4-8,15-19,24,34H,9-14H2,1-3H3. The van der Waals surface area contributed by atoms with Gasteiger partial charge in [0.1, 0.15) is 11.5 Å². The van der Waals surface area contributed by atoms with Crippen LogP contribution in [0.3, 0.4) is 0 Å². The molecule has 0 saturated carbocycles. The number of nitrogens with one attached hydrogen (secondary N) is 1. The Labute approximate surface area is 243 Å². The topological polar surface area (TPSA) is 93.0 Å². The molecule has 2 aromatic heterocycles. The van der Waals surface area contributed by atoms with Gasteiger partial charge in [0.25, 0.3) is 0 Å². The first kappa shape index (κ1) is 27.3. The number of hydrogen-bond acceptors (Lipinski definition) is 10. The first-order valence-electron chi connectivity index (χ1n) is 13.7. The number of aryl methyl sites for hydroxylation is 1. The molecule has 4 aromatic rings. The van der Waals surface area contributed by atoms with Crippen LogP contribution in [0.5, 0.6) is 11.5 Å². The van der Waals surface area contributed by atoms with Crippen LogP contribution in [0.1, 0.15) is 23.9 Å². The van der Waals surface area contributed by atoms with E-state index in [1.54, 1.807) is 11.8 Å². The van der Waals surface area contributed by atoms with Crippen molar-refractivity contribution in [2.45, 2.75) is 29.2 Å². The van der Waals surface area contributed by atoms with Crippen LogP contribution in [0.2, 0.25) is 0 Å². The molecule has 41 heavy (non-hydrogen) atoms. The van der Waals surface area contributed by atoms with Gasteiger partial charge in [-0.05, 0) is 64.3 Å². The van der Waals surface area contributed by atoms with Crippen molar-refractivity contribution >= 4 is 23.3 Å². The van der Waals surface area contributed by atoms with Crippen LogP contribution >= 0.6 is 11.8 Å². The largest absolute Gasteiger partial charge is 0.454 e. The van der Waals surface area contributed by atoms with Crippen molar-refractivity contribution in [3.63, 3.8) is 0 Å². The van der Waals surface area contributed by atoms with E-state index in [-0.39, 0.29) is 11.5 Å². The second-order valence-corrected chi connectivity index (χ2v) is 11.5. The Bertz CT molecular complexity index is 1580. The number of anilines is 2. The molecule has 1 atom stereocenters. The lowest BCUT2D eigenvalue weighted by molar-refractivity contribution is 0.120. The maximum absolute atomic E-state index is 12.6. The van der Waals surface area contributed by atoms with E-state index in [9.17, 15) is 4.79 Å². The number of morpholine rings is 1. The van der Waals surface area contributed by atoms with Crippen molar-refractivity contribution in [1.29, 1.82) is 0 Å². The van der Waals surface area contributed by atoms with E-state index in [0.29, 0.717) is 43.7 Å². The molecule has 2 aliphatic rings. The lowest BCUT2D eigenvalue weighted by Gasteiger charge is -2.27. The molecular weight excluding hydrogens is 538 g/mol. The maximum Gasteiger partial charge on any atom is 0.200 e. The minimum Gasteiger partial charge on any atom is -0.454 e. The Kier molecular flexibility index (Phi) is 7.95. The number of nitrogens with zero attached hydrogens (tertiary/aromatic N) is 4. The highest BCUT2D eigenvalue weighted by molar-refractivity contribution is 7.99. The molecule has 0 amide bonds. The van der Waals surface area contributed by atoms with Crippen molar-refractivity contribution in [3.05, 3.63) is 82.5 Å². The highest BCUT2D eigenvalue weighted by Crippen LogP contribution is 2.51. The number of rotatable bonds is 8. The normalized spacial score (nSPS) is 15.2. The quantitative estimate of drug-likeness (QED) is 0.254. The number of benzene rings is 2. The number of para-hydroxylation sites is 1. The molecule has 0 spiro atoms. The van der Waals surface area contributed by atoms with E-state index in [2.05, 4.69) is 40.3 Å². The van der Waals surface area contributed by atoms with Crippen molar-refractivity contribution in [3.8, 4) is 22.8 Å². The number of fused-ring (bicyclic) bond motifs is 2. The number of hydrogen-bond donors (Lipinski definition) is 1. The molecule has 1 saturated heterocycles. The monoisotopic (exact) mass is 571 g/mol. The van der Waals surface area contributed by atoms with Gasteiger partial charge in [-0.1, -0.05) is 17.8 Å². The molecule has 10 heteroatoms. The molecular formula is C31H33N5O4S. The van der Waals surface area contributed by atoms with Crippen molar-refractivity contribution < 1.29 is 13.9 Å². The van der Waals surface area contributed by atoms with Gasteiger partial charge < -0.3 is 29.0 Å². The van der Waals surface area contributed by atoms with E-state index < -0.39 is 0 Å². The summed E-state index contributed by atoms with van der Waals surface area (Å²) in [6.45, 7) is 5.43. The van der Waals surface area contributed by atoms with Gasteiger partial charge >= 0.3 is 0 Å². The van der Waals surface area contributed by atoms with Crippen molar-refractivity contribution in [1.82, 2.24) is 14.9 Å². The summed E-state index contributed by atoms with van der Waals surface area (Å²) in [7, 11) is 4.14. The molecule has 212 valence electrons. The molecule has 2 aliphatic heterocycles. The van der Waals surface area contributed by atoms with Gasteiger partial charge in [0.15, 0.2) is 17.1 Å². The predicted molar refractivity (Wildman–Crippen MR) is 160 cm³/mol. The zero-order chi connectivity index (χ0) is 28.3. The minimum atomic E-state index is -0.105. The van der Waals surface area contributed by atoms with E-state index >= 15 is 0 Å². The van der Waals surface area contributed by atoms with Gasteiger partial charge in [-0.2, -0.15) is 0 Å². The summed E-state index contributed by atoms with van der Waals surface area (Å²) in [5.41, 5.74) is 3.43. The fourth-order valence-corrected chi connectivity index (χ4v) is 5.91. The average Bonchev–Trinajstić information content (AvgIpc) is 2.98. The van der Waals surface area contributed by atoms with Gasteiger partial charge in [0, 0.05) is 37.1 Å². The fraction of sp³-hybridized carbons (Fsp3) is 0.323. The molecule has 0 bridgehead atoms. The average molecular weight is 572 g/mol. The van der Waals surface area contributed by atoms with Gasteiger partial charge in [-0.3, -0.25) is 14.8 Å². The van der Waals surface area contributed by atoms with E-state index in [1.807, 2.05) is 54.5 Å². The summed E-state index contributed by atoms with van der Waals surface area (Å²) in [4.78, 5) is 27.9. The summed E-state index contributed by atoms with van der Waals surface area (Å²) in [6, 6.07) is 15.1. The predicted octanol–water partition coefficient (Wildman–Crippen LogP) is 5.60. The molecule has 0 aliphatic carbocycles. The highest BCUT2D eigenvalue weighted by Gasteiger charge is 2.25.